The molecule has 280 valence electrons. The Morgan fingerprint density at radius 1 is 0.508 bits per heavy atom. The molecule has 0 amide bonds. The number of nitriles is 1. The Hall–Kier alpha value is -7.76. The molecule has 4 heterocycles. The number of furan rings is 2. The summed E-state index contributed by atoms with van der Waals surface area (Å²) in [5, 5.41) is 18.8. The maximum absolute atomic E-state index is 15.1. The third-order valence-corrected chi connectivity index (χ3v) is 11.9. The summed E-state index contributed by atoms with van der Waals surface area (Å²) >= 11 is 0. The summed E-state index contributed by atoms with van der Waals surface area (Å²) in [7, 11) is 0. The lowest BCUT2D eigenvalue weighted by molar-refractivity contribution is -0.137. The second-order valence-corrected chi connectivity index (χ2v) is 15.1. The highest BCUT2D eigenvalue weighted by molar-refractivity contribution is 6.23. The highest BCUT2D eigenvalue weighted by Gasteiger charge is 2.35. The monoisotopic (exact) mass is 771 g/mol. The van der Waals surface area contributed by atoms with Crippen LogP contribution in [-0.2, 0) is 6.18 Å². The minimum Gasteiger partial charge on any atom is -0.454 e. The molecule has 0 aliphatic heterocycles. The van der Waals surface area contributed by atoms with Crippen LogP contribution >= 0.6 is 0 Å². The topological polar surface area (TPSA) is 59.9 Å². The van der Waals surface area contributed by atoms with Crippen LogP contribution in [0.4, 0.5) is 13.2 Å². The fraction of sp³-hybridized carbons (Fsp3) is 0.0392. The average molecular weight is 772 g/mol. The van der Waals surface area contributed by atoms with Gasteiger partial charge >= 0.3 is 6.18 Å². The standard InChI is InChI=1S/C51H28F3N3O2/c1-28-11-10-16-39(51(52,53)54)46(28)29-25-42(56-40-17-6-2-12-30(40)34-21-23-36-32-14-4-8-19-44(32)58-49(36)47(34)56)38(27-55)43(26-29)57-41-18-7-3-13-31(41)35-22-24-37-33-15-5-9-20-45(33)59-50(37)48(35)57/h2-26H,1H3. The van der Waals surface area contributed by atoms with E-state index in [0.717, 1.165) is 60.2 Å². The van der Waals surface area contributed by atoms with Crippen LogP contribution in [0.2, 0.25) is 0 Å². The van der Waals surface area contributed by atoms with Crippen molar-refractivity contribution in [2.75, 3.05) is 0 Å². The molecule has 5 nitrogen and oxygen atoms in total. The van der Waals surface area contributed by atoms with Crippen molar-refractivity contribution in [2.45, 2.75) is 13.1 Å². The number of hydrogen-bond donors (Lipinski definition) is 0. The molecule has 0 unspecified atom stereocenters. The number of para-hydroxylation sites is 4. The summed E-state index contributed by atoms with van der Waals surface area (Å²) in [5.41, 5.74) is 6.74. The minimum absolute atomic E-state index is 0.0382. The maximum atomic E-state index is 15.1. The van der Waals surface area contributed by atoms with Crippen LogP contribution < -0.4 is 0 Å². The lowest BCUT2D eigenvalue weighted by Gasteiger charge is -2.21. The normalized spacial score (nSPS) is 12.4. The number of hydrogen-bond acceptors (Lipinski definition) is 3. The van der Waals surface area contributed by atoms with Gasteiger partial charge in [0.1, 0.15) is 22.8 Å². The lowest BCUT2D eigenvalue weighted by atomic mass is 9.92. The lowest BCUT2D eigenvalue weighted by Crippen LogP contribution is -2.10. The fourth-order valence-corrected chi connectivity index (χ4v) is 9.47. The van der Waals surface area contributed by atoms with Crippen LogP contribution in [0.1, 0.15) is 16.7 Å². The van der Waals surface area contributed by atoms with Crippen LogP contribution in [-0.4, -0.2) is 9.13 Å². The van der Waals surface area contributed by atoms with Crippen LogP contribution in [0.3, 0.4) is 0 Å². The van der Waals surface area contributed by atoms with Crippen molar-refractivity contribution < 1.29 is 22.0 Å². The van der Waals surface area contributed by atoms with E-state index in [1.54, 1.807) is 25.1 Å². The molecule has 0 radical (unpaired) electrons. The van der Waals surface area contributed by atoms with E-state index in [0.29, 0.717) is 55.9 Å². The Balaban J connectivity index is 1.32. The average Bonchev–Trinajstić information content (AvgIpc) is 4.00. The van der Waals surface area contributed by atoms with E-state index >= 15 is 13.2 Å². The Kier molecular flexibility index (Phi) is 6.73. The number of nitrogens with zero attached hydrogens (tertiary/aromatic N) is 3. The van der Waals surface area contributed by atoms with Crippen LogP contribution in [0.5, 0.6) is 0 Å². The van der Waals surface area contributed by atoms with Gasteiger partial charge in [0.25, 0.3) is 0 Å². The molecular formula is C51H28F3N3O2. The summed E-state index contributed by atoms with van der Waals surface area (Å²) < 4.78 is 62.6. The van der Waals surface area contributed by atoms with Crippen molar-refractivity contribution in [2.24, 2.45) is 0 Å². The van der Waals surface area contributed by atoms with Crippen molar-refractivity contribution in [1.82, 2.24) is 9.13 Å². The second kappa shape index (κ2) is 11.9. The van der Waals surface area contributed by atoms with Crippen molar-refractivity contribution in [3.8, 4) is 28.6 Å². The molecule has 0 saturated heterocycles. The summed E-state index contributed by atoms with van der Waals surface area (Å²) in [5.74, 6) is 0. The van der Waals surface area contributed by atoms with Gasteiger partial charge in [-0.25, -0.2) is 0 Å². The largest absolute Gasteiger partial charge is 0.454 e. The van der Waals surface area contributed by atoms with Crippen molar-refractivity contribution in [1.29, 1.82) is 5.26 Å². The van der Waals surface area contributed by atoms with Crippen molar-refractivity contribution in [3.05, 3.63) is 168 Å². The molecule has 0 aliphatic rings. The Bertz CT molecular complexity index is 3610. The number of benzene rings is 8. The molecule has 0 spiro atoms. The molecule has 0 saturated carbocycles. The number of alkyl halides is 3. The van der Waals surface area contributed by atoms with E-state index in [9.17, 15) is 5.26 Å². The van der Waals surface area contributed by atoms with E-state index in [1.807, 2.05) is 118 Å². The molecule has 12 rings (SSSR count). The molecule has 0 bridgehead atoms. The number of halogens is 3. The molecule has 8 heteroatoms. The molecule has 0 aliphatic carbocycles. The predicted octanol–water partition coefficient (Wildman–Crippen LogP) is 14.5. The zero-order valence-electron chi connectivity index (χ0n) is 31.2. The van der Waals surface area contributed by atoms with E-state index in [1.165, 1.54) is 6.07 Å². The van der Waals surface area contributed by atoms with E-state index < -0.39 is 11.7 Å². The highest BCUT2D eigenvalue weighted by Crippen LogP contribution is 2.47. The van der Waals surface area contributed by atoms with Crippen LogP contribution in [0, 0.1) is 18.3 Å². The van der Waals surface area contributed by atoms with Crippen LogP contribution in [0.25, 0.3) is 110 Å². The van der Waals surface area contributed by atoms with Crippen LogP contribution in [0.15, 0.2) is 160 Å². The minimum atomic E-state index is -4.66. The first-order valence-corrected chi connectivity index (χ1v) is 19.2. The number of rotatable bonds is 3. The Morgan fingerprint density at radius 3 is 1.46 bits per heavy atom. The number of aromatic nitrogens is 2. The summed E-state index contributed by atoms with van der Waals surface area (Å²) in [4.78, 5) is 0. The Morgan fingerprint density at radius 2 is 0.966 bits per heavy atom. The van der Waals surface area contributed by atoms with Gasteiger partial charge in [0, 0.05) is 43.1 Å². The molecule has 59 heavy (non-hydrogen) atoms. The summed E-state index contributed by atoms with van der Waals surface area (Å²) in [6.45, 7) is 1.69. The molecule has 4 aromatic heterocycles. The van der Waals surface area contributed by atoms with E-state index in [4.69, 9.17) is 8.83 Å². The smallest absolute Gasteiger partial charge is 0.417 e. The van der Waals surface area contributed by atoms with Gasteiger partial charge in [-0.1, -0.05) is 97.1 Å². The van der Waals surface area contributed by atoms with Gasteiger partial charge < -0.3 is 18.0 Å². The second-order valence-electron chi connectivity index (χ2n) is 15.1. The summed E-state index contributed by atoms with van der Waals surface area (Å²) in [6.07, 6.45) is -4.66. The first-order valence-electron chi connectivity index (χ1n) is 19.2. The third kappa shape index (κ3) is 4.55. The highest BCUT2D eigenvalue weighted by atomic mass is 19.4. The van der Waals surface area contributed by atoms with E-state index in [2.05, 4.69) is 18.2 Å². The SMILES string of the molecule is Cc1cccc(C(F)(F)F)c1-c1cc(-n2c3ccccc3c3ccc4c5ccccc5oc4c32)c(C#N)c(-n2c3ccccc3c3ccc4c5ccccc5oc4c32)c1. The third-order valence-electron chi connectivity index (χ3n) is 11.9. The maximum Gasteiger partial charge on any atom is 0.417 e. The zero-order chi connectivity index (χ0) is 39.7. The zero-order valence-corrected chi connectivity index (χ0v) is 31.2. The van der Waals surface area contributed by atoms with E-state index in [-0.39, 0.29) is 11.1 Å². The van der Waals surface area contributed by atoms with Gasteiger partial charge in [-0.3, -0.25) is 0 Å². The number of fused-ring (bicyclic) bond motifs is 14. The fourth-order valence-electron chi connectivity index (χ4n) is 9.47. The van der Waals surface area contributed by atoms with Gasteiger partial charge in [-0.15, -0.1) is 0 Å². The molecule has 8 aromatic carbocycles. The molecule has 0 atom stereocenters. The molecule has 12 aromatic rings. The quantitative estimate of drug-likeness (QED) is 0.180. The number of aryl methyl sites for hydroxylation is 1. The summed E-state index contributed by atoms with van der Waals surface area (Å²) in [6, 6.07) is 49.9. The van der Waals surface area contributed by atoms with Gasteiger partial charge in [0.2, 0.25) is 0 Å². The first kappa shape index (κ1) is 33.4. The first-order chi connectivity index (χ1) is 28.8. The predicted molar refractivity (Wildman–Crippen MR) is 230 cm³/mol. The van der Waals surface area contributed by atoms with Gasteiger partial charge in [0.15, 0.2) is 11.2 Å². The van der Waals surface area contributed by atoms with Gasteiger partial charge in [0.05, 0.1) is 39.0 Å². The Labute approximate surface area is 332 Å². The van der Waals surface area contributed by atoms with Crippen molar-refractivity contribution >= 4 is 87.5 Å². The van der Waals surface area contributed by atoms with Gasteiger partial charge in [-0.05, 0) is 78.2 Å². The molecule has 0 N–H and O–H groups in total. The molecular weight excluding hydrogens is 744 g/mol. The van der Waals surface area contributed by atoms with Crippen molar-refractivity contribution in [3.63, 3.8) is 0 Å². The van der Waals surface area contributed by atoms with Gasteiger partial charge in [-0.2, -0.15) is 18.4 Å². The molecule has 0 fully saturated rings.